The summed E-state index contributed by atoms with van der Waals surface area (Å²) in [5, 5.41) is 0. The van der Waals surface area contributed by atoms with Crippen molar-refractivity contribution in [3.8, 4) is 33.4 Å². The Morgan fingerprint density at radius 1 is 0.625 bits per heavy atom. The lowest BCUT2D eigenvalue weighted by Gasteiger charge is -2.20. The van der Waals surface area contributed by atoms with E-state index in [9.17, 15) is 21.6 Å². The molecule has 0 amide bonds. The lowest BCUT2D eigenvalue weighted by Crippen LogP contribution is -2.05. The molecule has 0 N–H and O–H groups in total. The van der Waals surface area contributed by atoms with Crippen molar-refractivity contribution in [2.75, 3.05) is 6.26 Å². The van der Waals surface area contributed by atoms with E-state index in [0.717, 1.165) is 6.26 Å². The van der Waals surface area contributed by atoms with Gasteiger partial charge in [0, 0.05) is 11.8 Å². The van der Waals surface area contributed by atoms with Crippen molar-refractivity contribution in [3.05, 3.63) is 108 Å². The minimum Gasteiger partial charge on any atom is -0.229 e. The van der Waals surface area contributed by atoms with Crippen LogP contribution in [0.1, 0.15) is 5.56 Å². The molecule has 0 aliphatic heterocycles. The maximum Gasteiger partial charge on any atom is 0.151 e. The quantitative estimate of drug-likeness (QED) is 0.340. The van der Waals surface area contributed by atoms with Crippen LogP contribution in [0, 0.1) is 17.5 Å². The van der Waals surface area contributed by atoms with E-state index in [1.807, 2.05) is 0 Å². The van der Waals surface area contributed by atoms with Crippen LogP contribution in [-0.4, -0.2) is 14.7 Å². The molecule has 162 valence electrons. The van der Waals surface area contributed by atoms with Gasteiger partial charge >= 0.3 is 0 Å². The fourth-order valence-electron chi connectivity index (χ4n) is 3.82. The van der Waals surface area contributed by atoms with Gasteiger partial charge in [-0.15, -0.1) is 0 Å². The molecule has 4 aromatic rings. The van der Waals surface area contributed by atoms with Crippen molar-refractivity contribution < 1.29 is 21.6 Å². The van der Waals surface area contributed by atoms with E-state index >= 15 is 0 Å². The number of hydrogen-bond donors (Lipinski definition) is 0. The highest BCUT2D eigenvalue weighted by Crippen LogP contribution is 2.43. The first-order valence-electron chi connectivity index (χ1n) is 9.83. The van der Waals surface area contributed by atoms with Gasteiger partial charge in [0.25, 0.3) is 0 Å². The van der Waals surface area contributed by atoms with Crippen LogP contribution in [0.25, 0.3) is 33.4 Å². The van der Waals surface area contributed by atoms with Crippen LogP contribution >= 0.6 is 0 Å². The summed E-state index contributed by atoms with van der Waals surface area (Å²) in [6.07, 6.45) is 1.13. The zero-order valence-electron chi connectivity index (χ0n) is 17.1. The number of hydrogen-bond acceptors (Lipinski definition) is 2. The third-order valence-electron chi connectivity index (χ3n) is 5.14. The van der Waals surface area contributed by atoms with Crippen molar-refractivity contribution in [1.29, 1.82) is 0 Å². The number of sulfone groups is 1. The highest BCUT2D eigenvalue weighted by atomic mass is 32.2. The smallest absolute Gasteiger partial charge is 0.151 e. The molecule has 0 aliphatic carbocycles. The molecule has 2 nitrogen and oxygen atoms in total. The molecule has 0 saturated heterocycles. The summed E-state index contributed by atoms with van der Waals surface area (Å²) in [6.45, 7) is 0. The summed E-state index contributed by atoms with van der Waals surface area (Å²) in [4.78, 5) is 0. The van der Waals surface area contributed by atoms with Gasteiger partial charge < -0.3 is 0 Å². The summed E-state index contributed by atoms with van der Waals surface area (Å²) in [5.74, 6) is -1.58. The number of rotatable bonds is 5. The second-order valence-corrected chi connectivity index (χ2v) is 9.73. The van der Waals surface area contributed by atoms with Gasteiger partial charge in [-0.2, -0.15) is 0 Å². The fourth-order valence-corrected chi connectivity index (χ4v) is 4.62. The van der Waals surface area contributed by atoms with Crippen LogP contribution in [0.3, 0.4) is 0 Å². The van der Waals surface area contributed by atoms with Crippen molar-refractivity contribution in [1.82, 2.24) is 0 Å². The molecule has 0 aliphatic rings. The summed E-state index contributed by atoms with van der Waals surface area (Å²) in [5.41, 5.74) is 3.55. The van der Waals surface area contributed by atoms with Crippen LogP contribution in [0.5, 0.6) is 0 Å². The van der Waals surface area contributed by atoms with E-state index in [1.54, 1.807) is 54.6 Å². The Morgan fingerprint density at radius 3 is 1.69 bits per heavy atom. The van der Waals surface area contributed by atoms with Gasteiger partial charge in [-0.05, 0) is 63.7 Å². The van der Waals surface area contributed by atoms with Gasteiger partial charge in [0.15, 0.2) is 9.84 Å². The maximum absolute atomic E-state index is 14.8. The standard InChI is InChI=1S/C26H19F3O2S/c1-32(30,31)16-19-10-15-23(22-4-2-3-5-24(22)29)26(18-8-13-21(28)14-9-18)25(19)17-6-11-20(27)12-7-17/h2-15H,16H2,1H3. The Hall–Kier alpha value is -3.38. The van der Waals surface area contributed by atoms with Crippen LogP contribution in [0.4, 0.5) is 13.2 Å². The van der Waals surface area contributed by atoms with E-state index in [0.29, 0.717) is 38.9 Å². The molecule has 0 unspecified atom stereocenters. The van der Waals surface area contributed by atoms with Gasteiger partial charge in [0.2, 0.25) is 0 Å². The summed E-state index contributed by atoms with van der Waals surface area (Å²) in [7, 11) is -3.42. The Balaban J connectivity index is 2.13. The second-order valence-electron chi connectivity index (χ2n) is 7.59. The summed E-state index contributed by atoms with van der Waals surface area (Å²) < 4.78 is 66.5. The number of halogens is 3. The zero-order chi connectivity index (χ0) is 22.9. The predicted octanol–water partition coefficient (Wildman–Crippen LogP) is 6.65. The molecule has 4 rings (SSSR count). The van der Waals surface area contributed by atoms with Crippen molar-refractivity contribution in [2.45, 2.75) is 5.75 Å². The molecule has 0 radical (unpaired) electrons. The van der Waals surface area contributed by atoms with E-state index < -0.39 is 27.3 Å². The molecule has 32 heavy (non-hydrogen) atoms. The lowest BCUT2D eigenvalue weighted by molar-refractivity contribution is 0.601. The first-order valence-corrected chi connectivity index (χ1v) is 11.9. The SMILES string of the molecule is CS(=O)(=O)Cc1ccc(-c2ccccc2F)c(-c2ccc(F)cc2)c1-c1ccc(F)cc1. The van der Waals surface area contributed by atoms with Crippen LogP contribution in [-0.2, 0) is 15.6 Å². The fraction of sp³-hybridized carbons (Fsp3) is 0.0769. The zero-order valence-corrected chi connectivity index (χ0v) is 18.0. The minimum atomic E-state index is -3.42. The first kappa shape index (κ1) is 21.8. The molecule has 0 bridgehead atoms. The Bertz CT molecular complexity index is 1380. The van der Waals surface area contributed by atoms with Crippen molar-refractivity contribution >= 4 is 9.84 Å². The van der Waals surface area contributed by atoms with Crippen LogP contribution in [0.15, 0.2) is 84.9 Å². The predicted molar refractivity (Wildman–Crippen MR) is 121 cm³/mol. The molecule has 0 saturated carbocycles. The third-order valence-corrected chi connectivity index (χ3v) is 5.97. The summed E-state index contributed by atoms with van der Waals surface area (Å²) >= 11 is 0. The van der Waals surface area contributed by atoms with E-state index in [1.165, 1.54) is 30.3 Å². The van der Waals surface area contributed by atoms with Gasteiger partial charge in [-0.3, -0.25) is 0 Å². The molecule has 0 spiro atoms. The van der Waals surface area contributed by atoms with Gasteiger partial charge in [0.1, 0.15) is 17.5 Å². The lowest BCUT2D eigenvalue weighted by atomic mass is 9.85. The van der Waals surface area contributed by atoms with Crippen LogP contribution in [0.2, 0.25) is 0 Å². The Labute approximate surface area is 184 Å². The first-order chi connectivity index (χ1) is 15.2. The average Bonchev–Trinajstić information content (AvgIpc) is 2.74. The molecule has 0 heterocycles. The third kappa shape index (κ3) is 4.60. The normalized spacial score (nSPS) is 11.5. The summed E-state index contributed by atoms with van der Waals surface area (Å²) in [6, 6.07) is 20.9. The molecule has 4 aromatic carbocycles. The van der Waals surface area contributed by atoms with Crippen molar-refractivity contribution in [3.63, 3.8) is 0 Å². The van der Waals surface area contributed by atoms with Gasteiger partial charge in [-0.1, -0.05) is 54.6 Å². The topological polar surface area (TPSA) is 34.1 Å². The minimum absolute atomic E-state index is 0.258. The van der Waals surface area contributed by atoms with E-state index in [4.69, 9.17) is 0 Å². The van der Waals surface area contributed by atoms with Gasteiger partial charge in [0.05, 0.1) is 5.75 Å². The Morgan fingerprint density at radius 2 is 1.16 bits per heavy atom. The average molecular weight is 452 g/mol. The molecular weight excluding hydrogens is 433 g/mol. The second kappa shape index (κ2) is 8.63. The highest BCUT2D eigenvalue weighted by molar-refractivity contribution is 7.89. The van der Waals surface area contributed by atoms with Crippen molar-refractivity contribution in [2.24, 2.45) is 0 Å². The van der Waals surface area contributed by atoms with Crippen LogP contribution < -0.4 is 0 Å². The highest BCUT2D eigenvalue weighted by Gasteiger charge is 2.21. The maximum atomic E-state index is 14.8. The van der Waals surface area contributed by atoms with E-state index in [-0.39, 0.29) is 5.75 Å². The molecule has 0 atom stereocenters. The largest absolute Gasteiger partial charge is 0.229 e. The molecule has 6 heteroatoms. The molecule has 0 aromatic heterocycles. The monoisotopic (exact) mass is 452 g/mol. The Kier molecular flexibility index (Phi) is 5.89. The number of benzene rings is 4. The molecular formula is C26H19F3O2S. The molecule has 0 fully saturated rings. The van der Waals surface area contributed by atoms with Gasteiger partial charge in [-0.25, -0.2) is 21.6 Å². The van der Waals surface area contributed by atoms with E-state index in [2.05, 4.69) is 0 Å².